The van der Waals surface area contributed by atoms with Gasteiger partial charge in [-0.3, -0.25) is 4.79 Å². The third kappa shape index (κ3) is 4.94. The van der Waals surface area contributed by atoms with E-state index in [-0.39, 0.29) is 11.9 Å². The highest BCUT2D eigenvalue weighted by atomic mass is 16.1. The first-order valence-electron chi connectivity index (χ1n) is 5.75. The van der Waals surface area contributed by atoms with Crippen LogP contribution < -0.4 is 11.1 Å². The molecule has 3 heteroatoms. The van der Waals surface area contributed by atoms with Gasteiger partial charge in [0, 0.05) is 12.5 Å². The Morgan fingerprint density at radius 3 is 2.69 bits per heavy atom. The van der Waals surface area contributed by atoms with Crippen molar-refractivity contribution in [2.45, 2.75) is 32.2 Å². The van der Waals surface area contributed by atoms with Gasteiger partial charge in [-0.15, -0.1) is 0 Å². The lowest BCUT2D eigenvalue weighted by molar-refractivity contribution is -0.121. The van der Waals surface area contributed by atoms with Gasteiger partial charge in [0.15, 0.2) is 0 Å². The van der Waals surface area contributed by atoms with Crippen LogP contribution in [-0.4, -0.2) is 18.5 Å². The lowest BCUT2D eigenvalue weighted by atomic mass is 10.1. The van der Waals surface area contributed by atoms with Gasteiger partial charge in [0.25, 0.3) is 0 Å². The van der Waals surface area contributed by atoms with E-state index in [1.54, 1.807) is 0 Å². The van der Waals surface area contributed by atoms with Crippen molar-refractivity contribution in [2.24, 2.45) is 5.73 Å². The first-order chi connectivity index (χ1) is 7.72. The van der Waals surface area contributed by atoms with Crippen LogP contribution in [0.1, 0.15) is 25.3 Å². The molecule has 16 heavy (non-hydrogen) atoms. The summed E-state index contributed by atoms with van der Waals surface area (Å²) < 4.78 is 0. The van der Waals surface area contributed by atoms with Crippen molar-refractivity contribution in [1.82, 2.24) is 5.32 Å². The van der Waals surface area contributed by atoms with E-state index in [4.69, 9.17) is 5.73 Å². The number of nitrogens with two attached hydrogens (primary N) is 1. The first kappa shape index (κ1) is 12.7. The molecule has 0 radical (unpaired) electrons. The molecule has 1 rings (SSSR count). The minimum atomic E-state index is 0.102. The molecule has 0 fully saturated rings. The standard InChI is InChI=1S/C13H20N2O/c1-11(9-10-14)15-13(16)8-7-12-5-3-2-4-6-12/h2-6,11H,7-10,14H2,1H3,(H,15,16). The highest BCUT2D eigenvalue weighted by Gasteiger charge is 2.06. The summed E-state index contributed by atoms with van der Waals surface area (Å²) in [6.45, 7) is 2.59. The number of aryl methyl sites for hydroxylation is 1. The number of carbonyl (C=O) groups excluding carboxylic acids is 1. The van der Waals surface area contributed by atoms with Crippen LogP contribution in [0, 0.1) is 0 Å². The van der Waals surface area contributed by atoms with Crippen molar-refractivity contribution in [3.63, 3.8) is 0 Å². The zero-order chi connectivity index (χ0) is 11.8. The first-order valence-corrected chi connectivity index (χ1v) is 5.75. The number of amides is 1. The Morgan fingerprint density at radius 2 is 2.06 bits per heavy atom. The second-order valence-corrected chi connectivity index (χ2v) is 4.03. The predicted octanol–water partition coefficient (Wildman–Crippen LogP) is 1.47. The Hall–Kier alpha value is -1.35. The van der Waals surface area contributed by atoms with Crippen LogP contribution in [-0.2, 0) is 11.2 Å². The molecule has 0 aliphatic heterocycles. The molecular formula is C13H20N2O. The van der Waals surface area contributed by atoms with Crippen molar-refractivity contribution < 1.29 is 4.79 Å². The number of benzene rings is 1. The summed E-state index contributed by atoms with van der Waals surface area (Å²) in [5, 5.41) is 2.93. The summed E-state index contributed by atoms with van der Waals surface area (Å²) in [6.07, 6.45) is 2.16. The number of nitrogens with one attached hydrogen (secondary N) is 1. The molecule has 3 nitrogen and oxygen atoms in total. The largest absolute Gasteiger partial charge is 0.354 e. The zero-order valence-electron chi connectivity index (χ0n) is 9.78. The summed E-state index contributed by atoms with van der Waals surface area (Å²) >= 11 is 0. The normalized spacial score (nSPS) is 12.1. The Labute approximate surface area is 97.0 Å². The van der Waals surface area contributed by atoms with Gasteiger partial charge in [0.2, 0.25) is 5.91 Å². The molecule has 88 valence electrons. The Kier molecular flexibility index (Phi) is 5.57. The molecule has 0 aliphatic carbocycles. The minimum Gasteiger partial charge on any atom is -0.354 e. The second-order valence-electron chi connectivity index (χ2n) is 4.03. The lowest BCUT2D eigenvalue weighted by Crippen LogP contribution is -2.34. The zero-order valence-corrected chi connectivity index (χ0v) is 9.78. The SMILES string of the molecule is CC(CCN)NC(=O)CCc1ccccc1. The number of rotatable bonds is 6. The smallest absolute Gasteiger partial charge is 0.220 e. The van der Waals surface area contributed by atoms with Crippen molar-refractivity contribution in [1.29, 1.82) is 0 Å². The molecule has 0 aromatic heterocycles. The number of hydrogen-bond acceptors (Lipinski definition) is 2. The van der Waals surface area contributed by atoms with E-state index >= 15 is 0 Å². The maximum atomic E-state index is 11.5. The van der Waals surface area contributed by atoms with Crippen LogP contribution in [0.5, 0.6) is 0 Å². The van der Waals surface area contributed by atoms with Crippen molar-refractivity contribution >= 4 is 5.91 Å². The summed E-state index contributed by atoms with van der Waals surface area (Å²) in [6, 6.07) is 10.2. The van der Waals surface area contributed by atoms with Crippen LogP contribution in [0.25, 0.3) is 0 Å². The van der Waals surface area contributed by atoms with E-state index in [0.29, 0.717) is 13.0 Å². The van der Waals surface area contributed by atoms with Gasteiger partial charge >= 0.3 is 0 Å². The van der Waals surface area contributed by atoms with Crippen molar-refractivity contribution in [2.75, 3.05) is 6.54 Å². The highest BCUT2D eigenvalue weighted by Crippen LogP contribution is 2.02. The van der Waals surface area contributed by atoms with Gasteiger partial charge in [0.1, 0.15) is 0 Å². The minimum absolute atomic E-state index is 0.102. The number of carbonyl (C=O) groups is 1. The van der Waals surface area contributed by atoms with E-state index in [9.17, 15) is 4.79 Å². The Morgan fingerprint density at radius 1 is 1.38 bits per heavy atom. The van der Waals surface area contributed by atoms with Gasteiger partial charge < -0.3 is 11.1 Å². The van der Waals surface area contributed by atoms with E-state index in [1.807, 2.05) is 37.3 Å². The Bertz CT molecular complexity index is 311. The van der Waals surface area contributed by atoms with Gasteiger partial charge in [-0.25, -0.2) is 0 Å². The van der Waals surface area contributed by atoms with E-state index in [2.05, 4.69) is 5.32 Å². The summed E-state index contributed by atoms with van der Waals surface area (Å²) in [7, 11) is 0. The molecule has 0 saturated heterocycles. The van der Waals surface area contributed by atoms with Gasteiger partial charge in [-0.2, -0.15) is 0 Å². The van der Waals surface area contributed by atoms with E-state index in [1.165, 1.54) is 5.56 Å². The van der Waals surface area contributed by atoms with E-state index in [0.717, 1.165) is 12.8 Å². The predicted molar refractivity (Wildman–Crippen MR) is 66.0 cm³/mol. The fourth-order valence-corrected chi connectivity index (χ4v) is 1.57. The highest BCUT2D eigenvalue weighted by molar-refractivity contribution is 5.76. The molecule has 1 aromatic carbocycles. The van der Waals surface area contributed by atoms with Gasteiger partial charge in [-0.05, 0) is 31.9 Å². The average molecular weight is 220 g/mol. The fourth-order valence-electron chi connectivity index (χ4n) is 1.57. The molecule has 0 saturated carbocycles. The summed E-state index contributed by atoms with van der Waals surface area (Å²) in [5.41, 5.74) is 6.62. The molecule has 0 aliphatic rings. The molecule has 1 amide bonds. The molecule has 0 spiro atoms. The van der Waals surface area contributed by atoms with Crippen LogP contribution in [0.2, 0.25) is 0 Å². The second kappa shape index (κ2) is 7.01. The van der Waals surface area contributed by atoms with Gasteiger partial charge in [-0.1, -0.05) is 30.3 Å². The third-order valence-electron chi connectivity index (χ3n) is 2.49. The maximum absolute atomic E-state index is 11.5. The summed E-state index contributed by atoms with van der Waals surface area (Å²) in [5.74, 6) is 0.102. The van der Waals surface area contributed by atoms with Crippen LogP contribution in [0.15, 0.2) is 30.3 Å². The fraction of sp³-hybridized carbons (Fsp3) is 0.462. The molecule has 0 heterocycles. The molecule has 1 unspecified atom stereocenters. The van der Waals surface area contributed by atoms with Crippen molar-refractivity contribution in [3.05, 3.63) is 35.9 Å². The molecule has 0 bridgehead atoms. The topological polar surface area (TPSA) is 55.1 Å². The molecule has 1 atom stereocenters. The average Bonchev–Trinajstić information content (AvgIpc) is 2.28. The molecule has 3 N–H and O–H groups in total. The monoisotopic (exact) mass is 220 g/mol. The number of hydrogen-bond donors (Lipinski definition) is 2. The maximum Gasteiger partial charge on any atom is 0.220 e. The molecular weight excluding hydrogens is 200 g/mol. The van der Waals surface area contributed by atoms with Crippen LogP contribution in [0.4, 0.5) is 0 Å². The van der Waals surface area contributed by atoms with Crippen molar-refractivity contribution in [3.8, 4) is 0 Å². The van der Waals surface area contributed by atoms with Gasteiger partial charge in [0.05, 0.1) is 0 Å². The van der Waals surface area contributed by atoms with Crippen LogP contribution >= 0.6 is 0 Å². The Balaban J connectivity index is 2.25. The van der Waals surface area contributed by atoms with E-state index < -0.39 is 0 Å². The summed E-state index contributed by atoms with van der Waals surface area (Å²) in [4.78, 5) is 11.5. The quantitative estimate of drug-likeness (QED) is 0.763. The van der Waals surface area contributed by atoms with Crippen LogP contribution in [0.3, 0.4) is 0 Å². The lowest BCUT2D eigenvalue weighted by Gasteiger charge is -2.12. The molecule has 1 aromatic rings. The third-order valence-corrected chi connectivity index (χ3v) is 2.49.